The standard InChI is InChI=1S/C35H48ClN3O10S/c1-19-10-9-11-27(46-8)34(44)17-26(47-33(43)37-34)20(2)31-21(3)35(48-31,49-32(42)22(4)38(5)28(40)12-13-50)18-29(41)39(6)24-15-23(14-19)16-25(45-7)30(24)36/h9-11,15-16,20-22,26-27,31,44,50H,12-14,17-18H2,1-8H3,(H,37,43)/b11-9+,19-10+/t20-,21+,22+,26+,27-,31+,34+,35?/m1/s1. The van der Waals surface area contributed by atoms with Gasteiger partial charge in [0.2, 0.25) is 17.6 Å². The van der Waals surface area contributed by atoms with Gasteiger partial charge in [0.15, 0.2) is 5.72 Å². The van der Waals surface area contributed by atoms with Crippen LogP contribution in [0.4, 0.5) is 10.5 Å². The highest BCUT2D eigenvalue weighted by atomic mass is 35.5. The highest BCUT2D eigenvalue weighted by Gasteiger charge is 2.61. The molecule has 2 fully saturated rings. The van der Waals surface area contributed by atoms with E-state index in [9.17, 15) is 24.3 Å². The minimum Gasteiger partial charge on any atom is -0.495 e. The third-order valence-corrected chi connectivity index (χ3v) is 10.5. The van der Waals surface area contributed by atoms with E-state index in [1.54, 1.807) is 45.2 Å². The molecule has 276 valence electrons. The normalized spacial score (nSPS) is 32.3. The van der Waals surface area contributed by atoms with E-state index in [0.29, 0.717) is 23.6 Å². The van der Waals surface area contributed by atoms with Crippen molar-refractivity contribution >= 4 is 53.8 Å². The summed E-state index contributed by atoms with van der Waals surface area (Å²) in [5.74, 6) is -3.75. The third kappa shape index (κ3) is 8.09. The first-order valence-electron chi connectivity index (χ1n) is 16.5. The maximum absolute atomic E-state index is 14.1. The van der Waals surface area contributed by atoms with E-state index >= 15 is 0 Å². The number of carbonyl (C=O) groups is 4. The predicted molar refractivity (Wildman–Crippen MR) is 189 cm³/mol. The molecule has 2 saturated heterocycles. The summed E-state index contributed by atoms with van der Waals surface area (Å²) in [4.78, 5) is 55.7. The van der Waals surface area contributed by atoms with Crippen LogP contribution in [0, 0.1) is 11.8 Å². The maximum atomic E-state index is 14.1. The van der Waals surface area contributed by atoms with Crippen molar-refractivity contribution in [1.29, 1.82) is 0 Å². The Morgan fingerprint density at radius 1 is 1.26 bits per heavy atom. The number of alkyl carbamates (subject to hydrolysis) is 1. The quantitative estimate of drug-likeness (QED) is 0.276. The van der Waals surface area contributed by atoms with Crippen molar-refractivity contribution in [2.75, 3.05) is 39.0 Å². The summed E-state index contributed by atoms with van der Waals surface area (Å²) in [6.07, 6.45) is 2.10. The van der Waals surface area contributed by atoms with E-state index in [2.05, 4.69) is 17.9 Å². The smallest absolute Gasteiger partial charge is 0.409 e. The first-order chi connectivity index (χ1) is 23.5. The van der Waals surface area contributed by atoms with Gasteiger partial charge in [0, 0.05) is 45.9 Å². The molecule has 0 aromatic heterocycles. The van der Waals surface area contributed by atoms with Crippen molar-refractivity contribution in [3.05, 3.63) is 46.5 Å². The minimum atomic E-state index is -1.82. The van der Waals surface area contributed by atoms with E-state index in [0.717, 1.165) is 11.1 Å². The van der Waals surface area contributed by atoms with Crippen LogP contribution in [0.5, 0.6) is 5.75 Å². The number of nitrogens with zero attached hydrogens (tertiary/aromatic N) is 2. The first kappa shape index (κ1) is 39.5. The van der Waals surface area contributed by atoms with Gasteiger partial charge in [-0.3, -0.25) is 14.9 Å². The number of hydrogen-bond donors (Lipinski definition) is 3. The lowest BCUT2D eigenvalue weighted by Gasteiger charge is -2.55. The Hall–Kier alpha value is -3.30. The van der Waals surface area contributed by atoms with Crippen LogP contribution in [0.1, 0.15) is 52.5 Å². The van der Waals surface area contributed by atoms with Crippen LogP contribution < -0.4 is 15.0 Å². The number of anilines is 1. The molecule has 4 aliphatic heterocycles. The molecule has 5 rings (SSSR count). The molecule has 1 aromatic rings. The Labute approximate surface area is 303 Å². The highest BCUT2D eigenvalue weighted by Crippen LogP contribution is 2.49. The van der Waals surface area contributed by atoms with E-state index in [-0.39, 0.29) is 23.8 Å². The highest BCUT2D eigenvalue weighted by molar-refractivity contribution is 7.80. The third-order valence-electron chi connectivity index (χ3n) is 9.94. The van der Waals surface area contributed by atoms with Crippen LogP contribution in [0.2, 0.25) is 5.02 Å². The average Bonchev–Trinajstić information content (AvgIpc) is 3.07. The summed E-state index contributed by atoms with van der Waals surface area (Å²) in [6.45, 7) is 7.01. The minimum absolute atomic E-state index is 0.0499. The lowest BCUT2D eigenvalue weighted by molar-refractivity contribution is -0.377. The van der Waals surface area contributed by atoms with Crippen LogP contribution >= 0.6 is 24.2 Å². The van der Waals surface area contributed by atoms with Crippen LogP contribution in [0.15, 0.2) is 35.9 Å². The van der Waals surface area contributed by atoms with Crippen molar-refractivity contribution in [3.63, 3.8) is 0 Å². The second kappa shape index (κ2) is 15.9. The largest absolute Gasteiger partial charge is 0.495 e. The molecule has 2 N–H and O–H groups in total. The fourth-order valence-electron chi connectivity index (χ4n) is 6.60. The molecule has 1 unspecified atom stereocenters. The second-order valence-corrected chi connectivity index (χ2v) is 14.1. The maximum Gasteiger partial charge on any atom is 0.409 e. The zero-order valence-corrected chi connectivity index (χ0v) is 31.4. The summed E-state index contributed by atoms with van der Waals surface area (Å²) >= 11 is 10.8. The fraction of sp³-hybridized carbons (Fsp3) is 0.600. The van der Waals surface area contributed by atoms with Crippen LogP contribution in [0.3, 0.4) is 0 Å². The number of fused-ring (bicyclic) bond motifs is 5. The molecule has 6 bridgehead atoms. The summed E-state index contributed by atoms with van der Waals surface area (Å²) in [6, 6.07) is 2.57. The molecule has 8 atom stereocenters. The summed E-state index contributed by atoms with van der Waals surface area (Å²) in [5.41, 5.74) is 0.281. The number of likely N-dealkylation sites (N-methyl/N-ethyl adjacent to an activating group) is 1. The molecular formula is C35H48ClN3O10S. The number of carbonyl (C=O) groups excluding carboxylic acids is 4. The predicted octanol–water partition coefficient (Wildman–Crippen LogP) is 4.04. The molecule has 4 aliphatic rings. The second-order valence-electron chi connectivity index (χ2n) is 13.3. The molecule has 0 aliphatic carbocycles. The molecule has 4 heterocycles. The van der Waals surface area contributed by atoms with Gasteiger partial charge in [-0.15, -0.1) is 0 Å². The fourth-order valence-corrected chi connectivity index (χ4v) is 7.11. The Morgan fingerprint density at radius 3 is 2.58 bits per heavy atom. The molecule has 3 amide bonds. The number of amides is 3. The number of ether oxygens (including phenoxy) is 5. The first-order valence-corrected chi connectivity index (χ1v) is 17.5. The van der Waals surface area contributed by atoms with Crippen LogP contribution in [-0.4, -0.2) is 104 Å². The Morgan fingerprint density at radius 2 is 1.96 bits per heavy atom. The van der Waals surface area contributed by atoms with Crippen molar-refractivity contribution in [2.45, 2.75) is 89.2 Å². The van der Waals surface area contributed by atoms with Gasteiger partial charge < -0.3 is 38.6 Å². The lowest BCUT2D eigenvalue weighted by Crippen LogP contribution is -2.68. The zero-order chi connectivity index (χ0) is 37.1. The monoisotopic (exact) mass is 737 g/mol. The van der Waals surface area contributed by atoms with Gasteiger partial charge in [-0.05, 0) is 43.7 Å². The van der Waals surface area contributed by atoms with Crippen molar-refractivity contribution < 1.29 is 48.0 Å². The number of hydrogen-bond acceptors (Lipinski definition) is 11. The van der Waals surface area contributed by atoms with E-state index < -0.39 is 72.1 Å². The Kier molecular flexibility index (Phi) is 12.6. The summed E-state index contributed by atoms with van der Waals surface area (Å²) in [7, 11) is 5.96. The number of thiol groups is 1. The SMILES string of the molecule is COc1cc2cc(c1Cl)N(C)C(=O)CC1(OC(=O)[C@H](C)N(C)C(=O)CCS)O[C@@H]([C@H](C)[C@@H]3C[C@@](O)(NC(=O)O3)[C@H](OC)/C=C/C=C(\C)C2)[C@@H]1C. The Balaban J connectivity index is 1.79. The molecule has 1 aromatic carbocycles. The van der Waals surface area contributed by atoms with Crippen molar-refractivity contribution in [3.8, 4) is 5.75 Å². The molecule has 15 heteroatoms. The van der Waals surface area contributed by atoms with Crippen molar-refractivity contribution in [1.82, 2.24) is 10.2 Å². The van der Waals surface area contributed by atoms with Gasteiger partial charge in [0.25, 0.3) is 0 Å². The number of benzene rings is 1. The lowest BCUT2D eigenvalue weighted by atomic mass is 9.75. The number of esters is 1. The van der Waals surface area contributed by atoms with Crippen LogP contribution in [-0.2, 0) is 39.8 Å². The molecule has 0 radical (unpaired) electrons. The average molecular weight is 738 g/mol. The van der Waals surface area contributed by atoms with E-state index in [1.165, 1.54) is 38.0 Å². The summed E-state index contributed by atoms with van der Waals surface area (Å²) < 4.78 is 29.2. The Bertz CT molecular complexity index is 1540. The topological polar surface area (TPSA) is 153 Å². The zero-order valence-electron chi connectivity index (χ0n) is 29.7. The molecular weight excluding hydrogens is 690 g/mol. The number of halogens is 1. The van der Waals surface area contributed by atoms with E-state index in [4.69, 9.17) is 35.3 Å². The molecule has 50 heavy (non-hydrogen) atoms. The van der Waals surface area contributed by atoms with E-state index in [1.807, 2.05) is 13.0 Å². The van der Waals surface area contributed by atoms with Crippen LogP contribution in [0.25, 0.3) is 0 Å². The molecule has 13 nitrogen and oxygen atoms in total. The van der Waals surface area contributed by atoms with Gasteiger partial charge in [-0.25, -0.2) is 9.59 Å². The van der Waals surface area contributed by atoms with Gasteiger partial charge in [-0.2, -0.15) is 12.6 Å². The van der Waals surface area contributed by atoms with Crippen molar-refractivity contribution in [2.24, 2.45) is 11.8 Å². The summed E-state index contributed by atoms with van der Waals surface area (Å²) in [5, 5.41) is 14.4. The van der Waals surface area contributed by atoms with Gasteiger partial charge >= 0.3 is 12.1 Å². The van der Waals surface area contributed by atoms with Gasteiger partial charge in [-0.1, -0.05) is 49.2 Å². The number of rotatable bonds is 7. The number of nitrogens with one attached hydrogen (secondary N) is 1. The number of allylic oxidation sites excluding steroid dienone is 3. The van der Waals surface area contributed by atoms with Gasteiger partial charge in [0.1, 0.15) is 29.0 Å². The van der Waals surface area contributed by atoms with Gasteiger partial charge in [0.05, 0.1) is 25.3 Å². The molecule has 0 saturated carbocycles. The number of methoxy groups -OCH3 is 2. The molecule has 0 spiro atoms. The number of aliphatic hydroxyl groups is 1.